The van der Waals surface area contributed by atoms with E-state index >= 15 is 0 Å². The molecule has 0 aliphatic carbocycles. The minimum Gasteiger partial charge on any atom is -0.444 e. The molecule has 35 heavy (non-hydrogen) atoms. The molecule has 1 aromatic carbocycles. The van der Waals surface area contributed by atoms with Crippen LogP contribution in [0.15, 0.2) is 42.9 Å². The molecular formula is C26H39N5O4. The Kier molecular flexibility index (Phi) is 8.70. The van der Waals surface area contributed by atoms with E-state index in [0.29, 0.717) is 0 Å². The number of amides is 3. The Labute approximate surface area is 208 Å². The molecule has 3 N–H and O–H groups in total. The monoisotopic (exact) mass is 485 g/mol. The van der Waals surface area contributed by atoms with Gasteiger partial charge in [0.2, 0.25) is 11.8 Å². The van der Waals surface area contributed by atoms with Crippen LogP contribution in [0.3, 0.4) is 0 Å². The highest BCUT2D eigenvalue weighted by Gasteiger charge is 2.39. The highest BCUT2D eigenvalue weighted by atomic mass is 16.6. The summed E-state index contributed by atoms with van der Waals surface area (Å²) in [6.07, 6.45) is 2.97. The molecule has 0 radical (unpaired) electrons. The Morgan fingerprint density at radius 2 is 1.63 bits per heavy atom. The van der Waals surface area contributed by atoms with Gasteiger partial charge < -0.3 is 25.3 Å². The second-order valence-corrected chi connectivity index (χ2v) is 11.1. The summed E-state index contributed by atoms with van der Waals surface area (Å²) in [5, 5.41) is 8.55. The molecule has 0 aliphatic rings. The number of aryl methyl sites for hydroxylation is 1. The van der Waals surface area contributed by atoms with Gasteiger partial charge in [0.05, 0.1) is 6.33 Å². The number of carbonyl (C=O) groups excluding carboxylic acids is 3. The van der Waals surface area contributed by atoms with E-state index in [-0.39, 0.29) is 18.7 Å². The lowest BCUT2D eigenvalue weighted by Gasteiger charge is -2.35. The van der Waals surface area contributed by atoms with Crippen LogP contribution in [-0.2, 0) is 34.2 Å². The Morgan fingerprint density at radius 1 is 1.00 bits per heavy atom. The summed E-state index contributed by atoms with van der Waals surface area (Å²) in [7, 11) is 1.81. The van der Waals surface area contributed by atoms with Gasteiger partial charge >= 0.3 is 6.09 Å². The minimum atomic E-state index is -1.27. The van der Waals surface area contributed by atoms with Crippen LogP contribution in [0.4, 0.5) is 4.79 Å². The molecule has 0 spiro atoms. The molecule has 2 rings (SSSR count). The summed E-state index contributed by atoms with van der Waals surface area (Å²) < 4.78 is 7.15. The van der Waals surface area contributed by atoms with Gasteiger partial charge in [-0.3, -0.25) is 9.59 Å². The Balaban J connectivity index is 2.34. The quantitative estimate of drug-likeness (QED) is 0.532. The van der Waals surface area contributed by atoms with Crippen molar-refractivity contribution in [3.05, 3.63) is 54.1 Å². The lowest BCUT2D eigenvalue weighted by atomic mass is 9.90. The van der Waals surface area contributed by atoms with Crippen molar-refractivity contribution in [1.82, 2.24) is 25.5 Å². The summed E-state index contributed by atoms with van der Waals surface area (Å²) in [6, 6.07) is 8.48. The van der Waals surface area contributed by atoms with Crippen LogP contribution in [0, 0.1) is 0 Å². The van der Waals surface area contributed by atoms with E-state index in [4.69, 9.17) is 4.74 Å². The van der Waals surface area contributed by atoms with Crippen molar-refractivity contribution < 1.29 is 19.1 Å². The number of aromatic nitrogens is 2. The first-order valence-corrected chi connectivity index (χ1v) is 11.7. The third-order valence-electron chi connectivity index (χ3n) is 5.13. The number of nitrogens with one attached hydrogen (secondary N) is 3. The molecule has 0 fully saturated rings. The molecule has 9 nitrogen and oxygen atoms in total. The number of imidazole rings is 1. The largest absolute Gasteiger partial charge is 0.444 e. The Hall–Kier alpha value is -3.36. The molecule has 1 aromatic heterocycles. The standard InChI is InChI=1S/C26H39N5O4/c1-24(2,3)30-22(33)26(7,15-18-12-10-9-11-13-18)29-21(32)20(14-19-16-27-17-31(19)8)28-23(34)35-25(4,5)6/h9-13,16-17,20H,14-15H2,1-8H3,(H,28,34)(H,29,32)(H,30,33)/t20-,26+/m0/s1. The van der Waals surface area contributed by atoms with Crippen LogP contribution in [0.1, 0.15) is 59.7 Å². The van der Waals surface area contributed by atoms with Crippen molar-refractivity contribution in [1.29, 1.82) is 0 Å². The maximum absolute atomic E-state index is 13.6. The highest BCUT2D eigenvalue weighted by Crippen LogP contribution is 2.17. The van der Waals surface area contributed by atoms with Gasteiger partial charge in [0.25, 0.3) is 0 Å². The summed E-state index contributed by atoms with van der Waals surface area (Å²) in [5.74, 6) is -0.821. The smallest absolute Gasteiger partial charge is 0.408 e. The van der Waals surface area contributed by atoms with E-state index in [2.05, 4.69) is 20.9 Å². The molecular weight excluding hydrogens is 446 g/mol. The third-order valence-corrected chi connectivity index (χ3v) is 5.13. The lowest BCUT2D eigenvalue weighted by Crippen LogP contribution is -2.64. The Morgan fingerprint density at radius 3 is 2.14 bits per heavy atom. The predicted molar refractivity (Wildman–Crippen MR) is 135 cm³/mol. The van der Waals surface area contributed by atoms with Crippen molar-refractivity contribution in [2.24, 2.45) is 7.05 Å². The van der Waals surface area contributed by atoms with Crippen LogP contribution in [-0.4, -0.2) is 50.2 Å². The average molecular weight is 486 g/mol. The van der Waals surface area contributed by atoms with Gasteiger partial charge in [-0.15, -0.1) is 0 Å². The van der Waals surface area contributed by atoms with Crippen LogP contribution >= 0.6 is 0 Å². The molecule has 0 saturated carbocycles. The van der Waals surface area contributed by atoms with Crippen molar-refractivity contribution in [3.8, 4) is 0 Å². The van der Waals surface area contributed by atoms with E-state index < -0.39 is 34.7 Å². The van der Waals surface area contributed by atoms with Crippen molar-refractivity contribution in [2.75, 3.05) is 0 Å². The molecule has 3 amide bonds. The van der Waals surface area contributed by atoms with Gasteiger partial charge in [-0.1, -0.05) is 30.3 Å². The van der Waals surface area contributed by atoms with Gasteiger partial charge in [-0.2, -0.15) is 0 Å². The van der Waals surface area contributed by atoms with Crippen LogP contribution in [0.2, 0.25) is 0 Å². The number of ether oxygens (including phenoxy) is 1. The molecule has 2 aromatic rings. The maximum Gasteiger partial charge on any atom is 0.408 e. The van der Waals surface area contributed by atoms with E-state index in [9.17, 15) is 14.4 Å². The number of hydrogen-bond donors (Lipinski definition) is 3. The first-order chi connectivity index (χ1) is 16.1. The summed E-state index contributed by atoms with van der Waals surface area (Å²) in [5.41, 5.74) is -0.867. The van der Waals surface area contributed by atoms with Crippen LogP contribution in [0.5, 0.6) is 0 Å². The van der Waals surface area contributed by atoms with Crippen LogP contribution < -0.4 is 16.0 Å². The van der Waals surface area contributed by atoms with Crippen LogP contribution in [0.25, 0.3) is 0 Å². The van der Waals surface area contributed by atoms with Crippen molar-refractivity contribution >= 4 is 17.9 Å². The second-order valence-electron chi connectivity index (χ2n) is 11.1. The number of carbonyl (C=O) groups is 3. The number of benzene rings is 1. The van der Waals surface area contributed by atoms with Gasteiger partial charge in [0.15, 0.2) is 0 Å². The zero-order chi connectivity index (χ0) is 26.4. The number of hydrogen-bond acceptors (Lipinski definition) is 5. The summed E-state index contributed by atoms with van der Waals surface area (Å²) in [4.78, 5) is 43.6. The number of nitrogens with zero attached hydrogens (tertiary/aromatic N) is 2. The zero-order valence-electron chi connectivity index (χ0n) is 22.1. The molecule has 0 unspecified atom stereocenters. The Bertz CT molecular complexity index is 1020. The maximum atomic E-state index is 13.6. The average Bonchev–Trinajstić information content (AvgIpc) is 3.10. The first kappa shape index (κ1) is 27.9. The summed E-state index contributed by atoms with van der Waals surface area (Å²) >= 11 is 0. The zero-order valence-corrected chi connectivity index (χ0v) is 22.1. The fourth-order valence-corrected chi connectivity index (χ4v) is 3.47. The normalized spacial score (nSPS) is 14.4. The SMILES string of the molecule is Cn1cncc1C[C@H](NC(=O)OC(C)(C)C)C(=O)N[C@](C)(Cc1ccccc1)C(=O)NC(C)(C)C. The van der Waals surface area contributed by atoms with Gasteiger partial charge in [0.1, 0.15) is 17.2 Å². The molecule has 192 valence electrons. The van der Waals surface area contributed by atoms with Gasteiger partial charge in [0, 0.05) is 37.3 Å². The topological polar surface area (TPSA) is 114 Å². The van der Waals surface area contributed by atoms with E-state index in [0.717, 1.165) is 11.3 Å². The predicted octanol–water partition coefficient (Wildman–Crippen LogP) is 2.89. The lowest BCUT2D eigenvalue weighted by molar-refractivity contribution is -0.134. The van der Waals surface area contributed by atoms with E-state index in [1.807, 2.05) is 51.1 Å². The van der Waals surface area contributed by atoms with Crippen molar-refractivity contribution in [2.45, 2.75) is 84.0 Å². The molecule has 0 bridgehead atoms. The fraction of sp³-hybridized carbons (Fsp3) is 0.538. The fourth-order valence-electron chi connectivity index (χ4n) is 3.47. The molecule has 0 saturated heterocycles. The van der Waals surface area contributed by atoms with E-state index in [1.54, 1.807) is 51.8 Å². The van der Waals surface area contributed by atoms with E-state index in [1.165, 1.54) is 0 Å². The third kappa shape index (κ3) is 9.07. The molecule has 9 heteroatoms. The second kappa shape index (κ2) is 10.9. The van der Waals surface area contributed by atoms with Crippen molar-refractivity contribution in [3.63, 3.8) is 0 Å². The number of rotatable bonds is 8. The summed E-state index contributed by atoms with van der Waals surface area (Å²) in [6.45, 7) is 12.6. The molecule has 2 atom stereocenters. The molecule has 1 heterocycles. The minimum absolute atomic E-state index is 0.171. The number of alkyl carbamates (subject to hydrolysis) is 1. The highest BCUT2D eigenvalue weighted by molar-refractivity contribution is 5.94. The molecule has 0 aliphatic heterocycles. The van der Waals surface area contributed by atoms with Gasteiger partial charge in [-0.25, -0.2) is 9.78 Å². The van der Waals surface area contributed by atoms with Gasteiger partial charge in [-0.05, 0) is 54.0 Å². The first-order valence-electron chi connectivity index (χ1n) is 11.7.